The van der Waals surface area contributed by atoms with Crippen molar-refractivity contribution in [3.63, 3.8) is 0 Å². The lowest BCUT2D eigenvalue weighted by Gasteiger charge is -2.30. The number of amides is 2. The molecule has 0 bridgehead atoms. The second kappa shape index (κ2) is 5.13. The minimum absolute atomic E-state index is 0.0107. The first-order valence-corrected chi connectivity index (χ1v) is 7.51. The van der Waals surface area contributed by atoms with Gasteiger partial charge in [0.25, 0.3) is 11.3 Å². The molecule has 2 aliphatic rings. The summed E-state index contributed by atoms with van der Waals surface area (Å²) in [7, 11) is 0. The normalized spacial score (nSPS) is 24.9. The van der Waals surface area contributed by atoms with Gasteiger partial charge in [0.1, 0.15) is 11.9 Å². The average Bonchev–Trinajstić information content (AvgIpc) is 2.69. The van der Waals surface area contributed by atoms with Gasteiger partial charge in [-0.15, -0.1) is 0 Å². The Morgan fingerprint density at radius 1 is 1.52 bits per heavy atom. The molecule has 0 aromatic heterocycles. The van der Waals surface area contributed by atoms with Crippen LogP contribution in [0.5, 0.6) is 5.75 Å². The predicted molar refractivity (Wildman–Crippen MR) is 81.4 cm³/mol. The Morgan fingerprint density at radius 2 is 2.22 bits per heavy atom. The summed E-state index contributed by atoms with van der Waals surface area (Å²) in [5, 5.41) is 0.234. The first-order valence-electron chi connectivity index (χ1n) is 7.13. The third-order valence-electron chi connectivity index (χ3n) is 4.00. The van der Waals surface area contributed by atoms with Gasteiger partial charge in [-0.3, -0.25) is 9.59 Å². The highest BCUT2D eigenvalue weighted by Crippen LogP contribution is 2.51. The number of halogens is 1. The van der Waals surface area contributed by atoms with Crippen LogP contribution in [0.3, 0.4) is 0 Å². The van der Waals surface area contributed by atoms with Crippen LogP contribution < -0.4 is 15.4 Å². The Balaban J connectivity index is 2.32. The fraction of sp³-hybridized carbons (Fsp3) is 0.400. The molecule has 1 aromatic rings. The van der Waals surface area contributed by atoms with E-state index in [4.69, 9.17) is 26.8 Å². The summed E-state index contributed by atoms with van der Waals surface area (Å²) in [4.78, 5) is 39.0. The molecular formula is C15H15ClN2O5. The highest BCUT2D eigenvalue weighted by Gasteiger charge is 2.64. The highest BCUT2D eigenvalue weighted by atomic mass is 35.5. The Morgan fingerprint density at radius 3 is 2.83 bits per heavy atom. The molecule has 2 heterocycles. The van der Waals surface area contributed by atoms with E-state index < -0.39 is 23.2 Å². The van der Waals surface area contributed by atoms with Crippen LogP contribution in [0.15, 0.2) is 12.1 Å². The van der Waals surface area contributed by atoms with Crippen molar-refractivity contribution in [2.24, 2.45) is 5.73 Å². The number of primary amides is 1. The minimum atomic E-state index is -2.22. The molecule has 23 heavy (non-hydrogen) atoms. The van der Waals surface area contributed by atoms with E-state index in [0.29, 0.717) is 11.4 Å². The zero-order valence-corrected chi connectivity index (χ0v) is 13.3. The molecule has 0 spiro atoms. The van der Waals surface area contributed by atoms with Crippen LogP contribution in [0, 0.1) is 0 Å². The summed E-state index contributed by atoms with van der Waals surface area (Å²) in [5.74, 6) is -2.47. The molecule has 2 unspecified atom stereocenters. The smallest absolute Gasteiger partial charge is 0.336 e. The maximum Gasteiger partial charge on any atom is 0.336 e. The van der Waals surface area contributed by atoms with Crippen molar-refractivity contribution < 1.29 is 23.9 Å². The summed E-state index contributed by atoms with van der Waals surface area (Å²) >= 11 is 6.07. The fourth-order valence-corrected chi connectivity index (χ4v) is 3.32. The number of esters is 1. The first kappa shape index (κ1) is 15.6. The van der Waals surface area contributed by atoms with Crippen molar-refractivity contribution in [2.45, 2.75) is 25.4 Å². The molecule has 2 N–H and O–H groups in total. The van der Waals surface area contributed by atoms with E-state index in [-0.39, 0.29) is 29.8 Å². The number of rotatable bonds is 3. The number of carbonyl (C=O) groups is 3. The number of hydrogen-bond donors (Lipinski definition) is 1. The van der Waals surface area contributed by atoms with Gasteiger partial charge in [-0.2, -0.15) is 0 Å². The number of nitrogens with two attached hydrogens (primary N) is 1. The van der Waals surface area contributed by atoms with Gasteiger partial charge in [0.05, 0.1) is 18.8 Å². The number of hydrogen-bond acceptors (Lipinski definition) is 5. The quantitative estimate of drug-likeness (QED) is 0.647. The van der Waals surface area contributed by atoms with E-state index in [1.807, 2.05) is 0 Å². The van der Waals surface area contributed by atoms with Gasteiger partial charge in [-0.25, -0.2) is 4.79 Å². The van der Waals surface area contributed by atoms with Gasteiger partial charge in [0.2, 0.25) is 5.91 Å². The van der Waals surface area contributed by atoms with E-state index in [2.05, 4.69) is 0 Å². The van der Waals surface area contributed by atoms with E-state index in [1.54, 1.807) is 19.9 Å². The predicted octanol–water partition coefficient (Wildman–Crippen LogP) is 0.754. The minimum Gasteiger partial charge on any atom is -0.487 e. The zero-order chi connectivity index (χ0) is 16.9. The summed E-state index contributed by atoms with van der Waals surface area (Å²) in [6.07, 6.45) is -0.316. The van der Waals surface area contributed by atoms with Crippen molar-refractivity contribution in [1.82, 2.24) is 0 Å². The van der Waals surface area contributed by atoms with E-state index >= 15 is 0 Å². The zero-order valence-electron chi connectivity index (χ0n) is 12.6. The highest BCUT2D eigenvalue weighted by molar-refractivity contribution is 6.36. The van der Waals surface area contributed by atoms with Crippen LogP contribution in [0.25, 0.3) is 0 Å². The largest absolute Gasteiger partial charge is 0.487 e. The molecule has 0 fully saturated rings. The summed E-state index contributed by atoms with van der Waals surface area (Å²) in [6.45, 7) is 3.56. The second-order valence-corrected chi connectivity index (χ2v) is 5.92. The third-order valence-corrected chi connectivity index (χ3v) is 4.22. The van der Waals surface area contributed by atoms with Crippen LogP contribution in [0.4, 0.5) is 5.69 Å². The Bertz CT molecular complexity index is 735. The van der Waals surface area contributed by atoms with Gasteiger partial charge in [0, 0.05) is 16.7 Å². The molecule has 0 saturated carbocycles. The topological polar surface area (TPSA) is 98.9 Å². The molecule has 2 aliphatic heterocycles. The van der Waals surface area contributed by atoms with Crippen molar-refractivity contribution in [3.8, 4) is 5.75 Å². The molecule has 0 radical (unpaired) electrons. The lowest BCUT2D eigenvalue weighted by atomic mass is 9.80. The Hall–Kier alpha value is -2.28. The van der Waals surface area contributed by atoms with Crippen molar-refractivity contribution in [3.05, 3.63) is 22.7 Å². The van der Waals surface area contributed by atoms with Gasteiger partial charge in [0.15, 0.2) is 0 Å². The van der Waals surface area contributed by atoms with Crippen LogP contribution in [0.2, 0.25) is 5.02 Å². The molecule has 2 amide bonds. The van der Waals surface area contributed by atoms with Crippen LogP contribution >= 0.6 is 11.6 Å². The van der Waals surface area contributed by atoms with E-state index in [9.17, 15) is 14.4 Å². The molecule has 2 atom stereocenters. The molecule has 7 nitrogen and oxygen atoms in total. The third kappa shape index (κ3) is 1.92. The lowest BCUT2D eigenvalue weighted by Crippen LogP contribution is -2.56. The van der Waals surface area contributed by atoms with Gasteiger partial charge >= 0.3 is 5.97 Å². The number of ether oxygens (including phenoxy) is 2. The summed E-state index contributed by atoms with van der Waals surface area (Å²) < 4.78 is 10.6. The van der Waals surface area contributed by atoms with Crippen LogP contribution in [-0.2, 0) is 24.5 Å². The summed E-state index contributed by atoms with van der Waals surface area (Å²) in [6, 6.07) is 2.93. The van der Waals surface area contributed by atoms with Gasteiger partial charge < -0.3 is 20.1 Å². The monoisotopic (exact) mass is 338 g/mol. The molecule has 0 saturated heterocycles. The summed E-state index contributed by atoms with van der Waals surface area (Å²) in [5.41, 5.74) is 3.71. The van der Waals surface area contributed by atoms with Crippen LogP contribution in [0.1, 0.15) is 19.4 Å². The van der Waals surface area contributed by atoms with E-state index in [0.717, 1.165) is 0 Å². The molecule has 8 heteroatoms. The SMILES string of the molecule is CCOC(=O)C1(C(N)=O)C(=O)N2CC(C)Oc3cc(Cl)cc1c32. The molecule has 0 aliphatic carbocycles. The number of anilines is 1. The Labute approximate surface area is 137 Å². The van der Waals surface area contributed by atoms with Crippen molar-refractivity contribution in [1.29, 1.82) is 0 Å². The maximum atomic E-state index is 12.9. The lowest BCUT2D eigenvalue weighted by molar-refractivity contribution is -0.157. The Kier molecular flexibility index (Phi) is 3.48. The fourth-order valence-electron chi connectivity index (χ4n) is 3.11. The standard InChI is InChI=1S/C15H15ClN2O5/c1-3-22-14(21)15(12(17)19)9-4-8(16)5-10-11(9)18(13(15)20)6-7(2)23-10/h4-5,7H,3,6H2,1-2H3,(H2,17,19). The molecular weight excluding hydrogens is 324 g/mol. The molecule has 3 rings (SSSR count). The molecule has 1 aromatic carbocycles. The molecule has 122 valence electrons. The van der Waals surface area contributed by atoms with Crippen molar-refractivity contribution in [2.75, 3.05) is 18.1 Å². The van der Waals surface area contributed by atoms with Crippen LogP contribution in [-0.4, -0.2) is 37.0 Å². The van der Waals surface area contributed by atoms with Gasteiger partial charge in [-0.1, -0.05) is 11.6 Å². The number of nitrogens with zero attached hydrogens (tertiary/aromatic N) is 1. The van der Waals surface area contributed by atoms with Gasteiger partial charge in [-0.05, 0) is 19.9 Å². The maximum absolute atomic E-state index is 12.9. The number of carbonyl (C=O) groups excluding carboxylic acids is 3. The number of benzene rings is 1. The first-order chi connectivity index (χ1) is 10.8. The van der Waals surface area contributed by atoms with Crippen molar-refractivity contribution >= 4 is 35.1 Å². The van der Waals surface area contributed by atoms with E-state index in [1.165, 1.54) is 11.0 Å². The average molecular weight is 339 g/mol. The second-order valence-electron chi connectivity index (χ2n) is 5.48.